The minimum atomic E-state index is 0.217. The van der Waals surface area contributed by atoms with E-state index in [-0.39, 0.29) is 5.41 Å². The predicted octanol–water partition coefficient (Wildman–Crippen LogP) is 5.10. The average molecular weight is 248 g/mol. The summed E-state index contributed by atoms with van der Waals surface area (Å²) in [6, 6.07) is 8.54. The lowest BCUT2D eigenvalue weighted by Crippen LogP contribution is -2.16. The Morgan fingerprint density at radius 1 is 1.22 bits per heavy atom. The molecule has 1 aromatic rings. The molecule has 0 bridgehead atoms. The van der Waals surface area contributed by atoms with Gasteiger partial charge in [0.05, 0.1) is 6.61 Å². The molecular formula is C17H28O. The molecule has 0 radical (unpaired) electrons. The van der Waals surface area contributed by atoms with Gasteiger partial charge in [0.2, 0.25) is 0 Å². The third-order valence-corrected chi connectivity index (χ3v) is 2.56. The molecule has 102 valence electrons. The Labute approximate surface area is 113 Å². The number of ether oxygens (including phenoxy) is 1. The summed E-state index contributed by atoms with van der Waals surface area (Å²) < 4.78 is 5.19. The standard InChI is InChI=1S/C15H22O.C2H6/c1-13-7-5-8-14(11-13)9-6-10-15(2,3)12-16-4;1-2/h5-9,11H,10,12H2,1-4H3;1-2H3/b9-6+;. The van der Waals surface area contributed by atoms with Gasteiger partial charge in [-0.15, -0.1) is 0 Å². The number of hydrogen-bond donors (Lipinski definition) is 0. The molecule has 1 rings (SSSR count). The Kier molecular flexibility index (Phi) is 8.40. The van der Waals surface area contributed by atoms with Crippen LogP contribution in [0, 0.1) is 12.3 Å². The topological polar surface area (TPSA) is 9.23 Å². The molecule has 0 amide bonds. The number of allylic oxidation sites excluding steroid dienone is 1. The van der Waals surface area contributed by atoms with E-state index in [1.807, 2.05) is 13.8 Å². The molecule has 0 unspecified atom stereocenters. The number of methoxy groups -OCH3 is 1. The molecule has 0 fully saturated rings. The van der Waals surface area contributed by atoms with E-state index < -0.39 is 0 Å². The van der Waals surface area contributed by atoms with Crippen molar-refractivity contribution in [1.82, 2.24) is 0 Å². The summed E-state index contributed by atoms with van der Waals surface area (Å²) in [6.45, 7) is 11.4. The van der Waals surface area contributed by atoms with E-state index >= 15 is 0 Å². The van der Waals surface area contributed by atoms with Gasteiger partial charge in [-0.2, -0.15) is 0 Å². The highest BCUT2D eigenvalue weighted by Gasteiger charge is 2.14. The zero-order valence-corrected chi connectivity index (χ0v) is 12.8. The second-order valence-corrected chi connectivity index (χ2v) is 5.12. The third-order valence-electron chi connectivity index (χ3n) is 2.56. The van der Waals surface area contributed by atoms with E-state index in [4.69, 9.17) is 4.74 Å². The molecule has 0 aliphatic heterocycles. The quantitative estimate of drug-likeness (QED) is 0.704. The molecule has 18 heavy (non-hydrogen) atoms. The summed E-state index contributed by atoms with van der Waals surface area (Å²) >= 11 is 0. The van der Waals surface area contributed by atoms with E-state index in [0.29, 0.717) is 0 Å². The monoisotopic (exact) mass is 248 g/mol. The third kappa shape index (κ3) is 7.29. The van der Waals surface area contributed by atoms with Crippen molar-refractivity contribution >= 4 is 6.08 Å². The maximum absolute atomic E-state index is 5.19. The molecule has 0 aliphatic rings. The largest absolute Gasteiger partial charge is 0.384 e. The van der Waals surface area contributed by atoms with E-state index in [1.165, 1.54) is 11.1 Å². The summed E-state index contributed by atoms with van der Waals surface area (Å²) in [5.74, 6) is 0. The van der Waals surface area contributed by atoms with Crippen molar-refractivity contribution in [2.45, 2.75) is 41.0 Å². The molecule has 0 atom stereocenters. The first-order chi connectivity index (χ1) is 8.53. The van der Waals surface area contributed by atoms with Gasteiger partial charge in [-0.05, 0) is 24.3 Å². The zero-order valence-electron chi connectivity index (χ0n) is 12.8. The zero-order chi connectivity index (χ0) is 14.0. The van der Waals surface area contributed by atoms with Crippen LogP contribution in [-0.4, -0.2) is 13.7 Å². The fraction of sp³-hybridized carbons (Fsp3) is 0.529. The molecule has 0 saturated heterocycles. The molecule has 1 nitrogen and oxygen atoms in total. The molecule has 0 aromatic heterocycles. The lowest BCUT2D eigenvalue weighted by atomic mass is 9.90. The van der Waals surface area contributed by atoms with Crippen molar-refractivity contribution < 1.29 is 4.74 Å². The van der Waals surface area contributed by atoms with E-state index in [2.05, 4.69) is 57.2 Å². The SMILES string of the molecule is CC.COCC(C)(C)C/C=C/c1cccc(C)c1. The minimum absolute atomic E-state index is 0.217. The van der Waals surface area contributed by atoms with Crippen LogP contribution in [0.25, 0.3) is 6.08 Å². The van der Waals surface area contributed by atoms with E-state index in [1.54, 1.807) is 7.11 Å². The molecule has 0 aliphatic carbocycles. The molecule has 0 N–H and O–H groups in total. The summed E-state index contributed by atoms with van der Waals surface area (Å²) in [7, 11) is 1.76. The highest BCUT2D eigenvalue weighted by atomic mass is 16.5. The maximum Gasteiger partial charge on any atom is 0.0516 e. The molecule has 0 heterocycles. The Balaban J connectivity index is 0.00000137. The Morgan fingerprint density at radius 3 is 2.44 bits per heavy atom. The first-order valence-electron chi connectivity index (χ1n) is 6.76. The van der Waals surface area contributed by atoms with Crippen LogP contribution in [0.15, 0.2) is 30.3 Å². The highest BCUT2D eigenvalue weighted by Crippen LogP contribution is 2.21. The first kappa shape index (κ1) is 16.9. The fourth-order valence-electron chi connectivity index (χ4n) is 1.74. The predicted molar refractivity (Wildman–Crippen MR) is 81.8 cm³/mol. The van der Waals surface area contributed by atoms with Crippen molar-refractivity contribution in [1.29, 1.82) is 0 Å². The van der Waals surface area contributed by atoms with Gasteiger partial charge in [0.1, 0.15) is 0 Å². The van der Waals surface area contributed by atoms with Gasteiger partial charge < -0.3 is 4.74 Å². The Hall–Kier alpha value is -1.08. The lowest BCUT2D eigenvalue weighted by molar-refractivity contribution is 0.106. The molecule has 1 heteroatoms. The van der Waals surface area contributed by atoms with Crippen molar-refractivity contribution in [2.24, 2.45) is 5.41 Å². The first-order valence-corrected chi connectivity index (χ1v) is 6.76. The van der Waals surface area contributed by atoms with Crippen LogP contribution >= 0.6 is 0 Å². The summed E-state index contributed by atoms with van der Waals surface area (Å²) in [5, 5.41) is 0. The number of aryl methyl sites for hydroxylation is 1. The van der Waals surface area contributed by atoms with Crippen LogP contribution in [-0.2, 0) is 4.74 Å². The van der Waals surface area contributed by atoms with Crippen molar-refractivity contribution in [3.63, 3.8) is 0 Å². The van der Waals surface area contributed by atoms with Crippen LogP contribution in [0.3, 0.4) is 0 Å². The Bertz CT molecular complexity index is 350. The molecular weight excluding hydrogens is 220 g/mol. The lowest BCUT2D eigenvalue weighted by Gasteiger charge is -2.21. The van der Waals surface area contributed by atoms with Crippen LogP contribution in [0.2, 0.25) is 0 Å². The minimum Gasteiger partial charge on any atom is -0.384 e. The molecule has 1 aromatic carbocycles. The summed E-state index contributed by atoms with van der Waals surface area (Å²) in [5.41, 5.74) is 2.79. The molecule has 0 spiro atoms. The second-order valence-electron chi connectivity index (χ2n) is 5.12. The smallest absolute Gasteiger partial charge is 0.0516 e. The van der Waals surface area contributed by atoms with Crippen LogP contribution < -0.4 is 0 Å². The van der Waals surface area contributed by atoms with Gasteiger partial charge in [0.25, 0.3) is 0 Å². The van der Waals surface area contributed by atoms with Gasteiger partial charge in [-0.25, -0.2) is 0 Å². The second kappa shape index (κ2) is 8.93. The van der Waals surface area contributed by atoms with E-state index in [9.17, 15) is 0 Å². The van der Waals surface area contributed by atoms with Crippen LogP contribution in [0.5, 0.6) is 0 Å². The molecule has 0 saturated carbocycles. The maximum atomic E-state index is 5.19. The average Bonchev–Trinajstić information content (AvgIpc) is 2.31. The summed E-state index contributed by atoms with van der Waals surface area (Å²) in [6.07, 6.45) is 5.45. The number of rotatable bonds is 5. The normalized spacial score (nSPS) is 11.2. The number of hydrogen-bond acceptors (Lipinski definition) is 1. The van der Waals surface area contributed by atoms with Gasteiger partial charge in [0.15, 0.2) is 0 Å². The van der Waals surface area contributed by atoms with Crippen molar-refractivity contribution in [3.8, 4) is 0 Å². The van der Waals surface area contributed by atoms with Gasteiger partial charge in [0, 0.05) is 7.11 Å². The Morgan fingerprint density at radius 2 is 1.89 bits per heavy atom. The highest BCUT2D eigenvalue weighted by molar-refractivity contribution is 5.50. The number of benzene rings is 1. The van der Waals surface area contributed by atoms with Crippen LogP contribution in [0.4, 0.5) is 0 Å². The van der Waals surface area contributed by atoms with Crippen LogP contribution in [0.1, 0.15) is 45.2 Å². The van der Waals surface area contributed by atoms with E-state index in [0.717, 1.165) is 13.0 Å². The van der Waals surface area contributed by atoms with Gasteiger partial charge in [-0.1, -0.05) is 69.7 Å². The van der Waals surface area contributed by atoms with Gasteiger partial charge >= 0.3 is 0 Å². The summed E-state index contributed by atoms with van der Waals surface area (Å²) in [4.78, 5) is 0. The van der Waals surface area contributed by atoms with Crippen molar-refractivity contribution in [2.75, 3.05) is 13.7 Å². The fourth-order valence-corrected chi connectivity index (χ4v) is 1.74. The van der Waals surface area contributed by atoms with Gasteiger partial charge in [-0.3, -0.25) is 0 Å². The van der Waals surface area contributed by atoms with Crippen molar-refractivity contribution in [3.05, 3.63) is 41.5 Å².